The molecule has 3 rings (SSSR count). The summed E-state index contributed by atoms with van der Waals surface area (Å²) >= 11 is 6.13. The first kappa shape index (κ1) is 10.2. The summed E-state index contributed by atoms with van der Waals surface area (Å²) in [4.78, 5) is 7.27. The second kappa shape index (κ2) is 3.79. The van der Waals surface area contributed by atoms with Crippen LogP contribution in [0.3, 0.4) is 0 Å². The van der Waals surface area contributed by atoms with Gasteiger partial charge in [0.2, 0.25) is 0 Å². The van der Waals surface area contributed by atoms with E-state index in [1.54, 1.807) is 30.6 Å². The van der Waals surface area contributed by atoms with Crippen LogP contribution in [0.2, 0.25) is 5.02 Å². The number of fused-ring (bicyclic) bond motifs is 1. The molecule has 0 aliphatic heterocycles. The predicted octanol–water partition coefficient (Wildman–Crippen LogP) is 3.59. The molecule has 0 aliphatic rings. The third-order valence-corrected chi connectivity index (χ3v) is 3.03. The lowest BCUT2D eigenvalue weighted by Crippen LogP contribution is -1.79. The van der Waals surface area contributed by atoms with Crippen molar-refractivity contribution in [2.45, 2.75) is 0 Å². The minimum atomic E-state index is 0.169. The number of aromatic amines is 1. The molecular formula is C13H9ClN2O. The molecule has 3 nitrogen and oxygen atoms in total. The number of halogens is 1. The monoisotopic (exact) mass is 244 g/mol. The Bertz CT molecular complexity index is 670. The van der Waals surface area contributed by atoms with Crippen LogP contribution in [0.4, 0.5) is 0 Å². The third kappa shape index (κ3) is 1.56. The molecule has 17 heavy (non-hydrogen) atoms. The Morgan fingerprint density at radius 2 is 2.06 bits per heavy atom. The summed E-state index contributed by atoms with van der Waals surface area (Å²) in [5.41, 5.74) is 2.27. The molecule has 0 bridgehead atoms. The van der Waals surface area contributed by atoms with Gasteiger partial charge in [0.05, 0.1) is 5.02 Å². The summed E-state index contributed by atoms with van der Waals surface area (Å²) in [6.07, 6.45) is 3.52. The van der Waals surface area contributed by atoms with Crippen LogP contribution in [0.25, 0.3) is 22.2 Å². The Balaban J connectivity index is 2.35. The van der Waals surface area contributed by atoms with Gasteiger partial charge < -0.3 is 10.1 Å². The number of pyridine rings is 1. The van der Waals surface area contributed by atoms with Crippen molar-refractivity contribution >= 4 is 22.6 Å². The van der Waals surface area contributed by atoms with Crippen molar-refractivity contribution in [3.63, 3.8) is 0 Å². The second-order valence-corrected chi connectivity index (χ2v) is 4.14. The summed E-state index contributed by atoms with van der Waals surface area (Å²) < 4.78 is 0. The van der Waals surface area contributed by atoms with Crippen LogP contribution in [0.5, 0.6) is 5.75 Å². The number of aromatic nitrogens is 2. The van der Waals surface area contributed by atoms with Gasteiger partial charge in [0, 0.05) is 28.9 Å². The van der Waals surface area contributed by atoms with E-state index in [4.69, 9.17) is 11.6 Å². The Labute approximate surface area is 103 Å². The highest BCUT2D eigenvalue weighted by Crippen LogP contribution is 2.38. The minimum absolute atomic E-state index is 0.169. The molecule has 84 valence electrons. The van der Waals surface area contributed by atoms with Crippen LogP contribution >= 0.6 is 11.6 Å². The zero-order valence-electron chi connectivity index (χ0n) is 8.81. The Hall–Kier alpha value is -2.00. The van der Waals surface area contributed by atoms with Crippen LogP contribution in [0.15, 0.2) is 42.7 Å². The maximum atomic E-state index is 9.90. The molecule has 2 aromatic heterocycles. The van der Waals surface area contributed by atoms with Crippen LogP contribution < -0.4 is 0 Å². The molecule has 0 fully saturated rings. The fourth-order valence-corrected chi connectivity index (χ4v) is 2.21. The predicted molar refractivity (Wildman–Crippen MR) is 68.2 cm³/mol. The van der Waals surface area contributed by atoms with Crippen molar-refractivity contribution < 1.29 is 5.11 Å². The normalized spacial score (nSPS) is 10.9. The quantitative estimate of drug-likeness (QED) is 0.687. The van der Waals surface area contributed by atoms with E-state index in [1.165, 1.54) is 0 Å². The number of phenols is 1. The van der Waals surface area contributed by atoms with Crippen LogP contribution in [-0.2, 0) is 0 Å². The van der Waals surface area contributed by atoms with E-state index in [0.29, 0.717) is 10.6 Å². The fraction of sp³-hybridized carbons (Fsp3) is 0. The van der Waals surface area contributed by atoms with Crippen molar-refractivity contribution in [2.75, 3.05) is 0 Å². The number of aromatic hydroxyl groups is 1. The van der Waals surface area contributed by atoms with E-state index >= 15 is 0 Å². The van der Waals surface area contributed by atoms with Crippen LogP contribution in [0.1, 0.15) is 0 Å². The van der Waals surface area contributed by atoms with Gasteiger partial charge in [-0.05, 0) is 24.3 Å². The number of benzene rings is 1. The molecule has 2 heterocycles. The van der Waals surface area contributed by atoms with Gasteiger partial charge in [0.25, 0.3) is 0 Å². The van der Waals surface area contributed by atoms with Crippen molar-refractivity contribution in [3.8, 4) is 16.9 Å². The molecule has 0 aliphatic carbocycles. The van der Waals surface area contributed by atoms with Gasteiger partial charge in [-0.25, -0.2) is 4.98 Å². The molecule has 1 aromatic carbocycles. The molecule has 2 N–H and O–H groups in total. The Morgan fingerprint density at radius 1 is 1.18 bits per heavy atom. The van der Waals surface area contributed by atoms with E-state index in [1.807, 2.05) is 12.1 Å². The molecule has 4 heteroatoms. The van der Waals surface area contributed by atoms with Gasteiger partial charge in [-0.15, -0.1) is 0 Å². The van der Waals surface area contributed by atoms with Crippen LogP contribution in [0, 0.1) is 0 Å². The first-order valence-corrected chi connectivity index (χ1v) is 5.55. The van der Waals surface area contributed by atoms with Gasteiger partial charge in [0.1, 0.15) is 11.4 Å². The largest absolute Gasteiger partial charge is 0.507 e. The summed E-state index contributed by atoms with van der Waals surface area (Å²) in [6.45, 7) is 0. The lowest BCUT2D eigenvalue weighted by atomic mass is 10.0. The van der Waals surface area contributed by atoms with Gasteiger partial charge >= 0.3 is 0 Å². The van der Waals surface area contributed by atoms with Crippen LogP contribution in [-0.4, -0.2) is 15.1 Å². The summed E-state index contributed by atoms with van der Waals surface area (Å²) in [7, 11) is 0. The number of rotatable bonds is 1. The third-order valence-electron chi connectivity index (χ3n) is 2.71. The number of H-pyrrole nitrogens is 1. The van der Waals surface area contributed by atoms with E-state index in [-0.39, 0.29) is 5.75 Å². The number of hydrogen-bond donors (Lipinski definition) is 2. The molecule has 0 spiro atoms. The smallest absolute Gasteiger partial charge is 0.137 e. The SMILES string of the molecule is Oc1cccc(Cl)c1-c1c[nH]c2ncccc12. The highest BCUT2D eigenvalue weighted by atomic mass is 35.5. The van der Waals surface area contributed by atoms with Crippen molar-refractivity contribution in [2.24, 2.45) is 0 Å². The Morgan fingerprint density at radius 3 is 2.88 bits per heavy atom. The van der Waals surface area contributed by atoms with E-state index < -0.39 is 0 Å². The Kier molecular flexibility index (Phi) is 2.27. The molecule has 0 amide bonds. The second-order valence-electron chi connectivity index (χ2n) is 3.74. The average molecular weight is 245 g/mol. The van der Waals surface area contributed by atoms with Crippen molar-refractivity contribution in [1.82, 2.24) is 9.97 Å². The summed E-state index contributed by atoms with van der Waals surface area (Å²) in [6, 6.07) is 8.89. The number of phenolic OH excluding ortho intramolecular Hbond substituents is 1. The fourth-order valence-electron chi connectivity index (χ4n) is 1.94. The zero-order chi connectivity index (χ0) is 11.8. The van der Waals surface area contributed by atoms with Gasteiger partial charge in [-0.2, -0.15) is 0 Å². The highest BCUT2D eigenvalue weighted by Gasteiger charge is 2.13. The molecule has 0 saturated carbocycles. The lowest BCUT2D eigenvalue weighted by molar-refractivity contribution is 0.477. The molecule has 0 unspecified atom stereocenters. The van der Waals surface area contributed by atoms with Gasteiger partial charge in [-0.1, -0.05) is 17.7 Å². The van der Waals surface area contributed by atoms with E-state index in [2.05, 4.69) is 9.97 Å². The molecule has 0 saturated heterocycles. The first-order valence-electron chi connectivity index (χ1n) is 5.17. The molecular weight excluding hydrogens is 236 g/mol. The average Bonchev–Trinajstić information content (AvgIpc) is 2.73. The van der Waals surface area contributed by atoms with E-state index in [9.17, 15) is 5.11 Å². The molecule has 0 radical (unpaired) electrons. The van der Waals surface area contributed by atoms with Gasteiger partial charge in [0.15, 0.2) is 0 Å². The van der Waals surface area contributed by atoms with Crippen molar-refractivity contribution in [1.29, 1.82) is 0 Å². The molecule has 3 aromatic rings. The highest BCUT2D eigenvalue weighted by molar-refractivity contribution is 6.34. The number of nitrogens with one attached hydrogen (secondary N) is 1. The first-order chi connectivity index (χ1) is 8.27. The zero-order valence-corrected chi connectivity index (χ0v) is 9.57. The topological polar surface area (TPSA) is 48.9 Å². The lowest BCUT2D eigenvalue weighted by Gasteiger charge is -2.05. The standard InChI is InChI=1S/C13H9ClN2O/c14-10-4-1-5-11(17)12(10)9-7-16-13-8(9)3-2-6-15-13/h1-7,17H,(H,15,16). The summed E-state index contributed by atoms with van der Waals surface area (Å²) in [5.74, 6) is 0.169. The summed E-state index contributed by atoms with van der Waals surface area (Å²) in [5, 5.41) is 11.4. The van der Waals surface area contributed by atoms with Gasteiger partial charge in [-0.3, -0.25) is 0 Å². The minimum Gasteiger partial charge on any atom is -0.507 e. The number of nitrogens with zero attached hydrogens (tertiary/aromatic N) is 1. The maximum absolute atomic E-state index is 9.90. The molecule has 0 atom stereocenters. The maximum Gasteiger partial charge on any atom is 0.137 e. The number of hydrogen-bond acceptors (Lipinski definition) is 2. The van der Waals surface area contributed by atoms with Crippen molar-refractivity contribution in [3.05, 3.63) is 47.7 Å². The van der Waals surface area contributed by atoms with E-state index in [0.717, 1.165) is 16.6 Å².